The Morgan fingerprint density at radius 3 is 2.50 bits per heavy atom. The van der Waals surface area contributed by atoms with Crippen molar-refractivity contribution in [3.8, 4) is 0 Å². The summed E-state index contributed by atoms with van der Waals surface area (Å²) >= 11 is 0. The number of benzene rings is 1. The van der Waals surface area contributed by atoms with E-state index < -0.39 is 0 Å². The predicted octanol–water partition coefficient (Wildman–Crippen LogP) is 1.71. The molecule has 0 bridgehead atoms. The number of nitrogens with one attached hydrogen (secondary N) is 1. The van der Waals surface area contributed by atoms with Crippen molar-refractivity contribution in [2.45, 2.75) is 6.92 Å². The van der Waals surface area contributed by atoms with Crippen LogP contribution in [0.3, 0.4) is 0 Å². The maximum Gasteiger partial charge on any atom is 0.236 e. The van der Waals surface area contributed by atoms with Gasteiger partial charge in [-0.3, -0.25) is 4.58 Å². The molecule has 64 valence electrons. The number of hydrogen-bond donors (Lipinski definition) is 1. The van der Waals surface area contributed by atoms with Gasteiger partial charge in [-0.25, -0.2) is 5.32 Å². The molecule has 0 unspecified atom stereocenters. The molecule has 0 aliphatic carbocycles. The normalized spacial score (nSPS) is 9.25. The molecule has 0 aromatic heterocycles. The zero-order valence-electron chi connectivity index (χ0n) is 7.83. The van der Waals surface area contributed by atoms with Crippen LogP contribution in [0.4, 0.5) is 5.69 Å². The number of nitrogens with zero attached hydrogens (tertiary/aromatic N) is 1. The van der Waals surface area contributed by atoms with Crippen molar-refractivity contribution in [1.82, 2.24) is 0 Å². The third kappa shape index (κ3) is 2.38. The first-order chi connectivity index (χ1) is 5.70. The van der Waals surface area contributed by atoms with E-state index in [2.05, 4.69) is 24.4 Å². The summed E-state index contributed by atoms with van der Waals surface area (Å²) in [5.41, 5.74) is 2.42. The van der Waals surface area contributed by atoms with Crippen LogP contribution in [0.25, 0.3) is 0 Å². The summed E-state index contributed by atoms with van der Waals surface area (Å²) < 4.78 is 1.98. The lowest BCUT2D eigenvalue weighted by atomic mass is 10.2. The molecule has 1 rings (SSSR count). The molecule has 0 saturated carbocycles. The van der Waals surface area contributed by atoms with Gasteiger partial charge in [0.15, 0.2) is 0 Å². The van der Waals surface area contributed by atoms with E-state index in [-0.39, 0.29) is 0 Å². The lowest BCUT2D eigenvalue weighted by Crippen LogP contribution is -2.07. The van der Waals surface area contributed by atoms with E-state index in [4.69, 9.17) is 0 Å². The number of hydrogen-bond acceptors (Lipinski definition) is 0. The van der Waals surface area contributed by atoms with E-state index in [1.165, 1.54) is 5.56 Å². The zero-order chi connectivity index (χ0) is 8.97. The quantitative estimate of drug-likeness (QED) is 0.398. The maximum absolute atomic E-state index is 3.21. The zero-order valence-corrected chi connectivity index (χ0v) is 7.83. The summed E-state index contributed by atoms with van der Waals surface area (Å²) in [4.78, 5) is 0. The molecule has 0 heterocycles. The minimum Gasteiger partial charge on any atom is -0.273 e. The molecule has 1 N–H and O–H groups in total. The molecule has 1 aromatic rings. The van der Waals surface area contributed by atoms with E-state index in [0.29, 0.717) is 0 Å². The standard InChI is InChI=1S/C10H14N2/c1-9-6-4-5-7-10(9)11-8-12(2)3/h4-8H,1-3H3/p+1. The fourth-order valence-corrected chi connectivity index (χ4v) is 0.933. The van der Waals surface area contributed by atoms with E-state index >= 15 is 0 Å². The van der Waals surface area contributed by atoms with E-state index in [0.717, 1.165) is 5.69 Å². The highest BCUT2D eigenvalue weighted by atomic mass is 15.0. The summed E-state index contributed by atoms with van der Waals surface area (Å²) in [6.45, 7) is 2.09. The van der Waals surface area contributed by atoms with Crippen molar-refractivity contribution in [1.29, 1.82) is 0 Å². The molecule has 0 atom stereocenters. The summed E-state index contributed by atoms with van der Waals surface area (Å²) in [7, 11) is 3.98. The molecule has 0 radical (unpaired) electrons. The molecular weight excluding hydrogens is 148 g/mol. The van der Waals surface area contributed by atoms with Gasteiger partial charge in [0.2, 0.25) is 6.34 Å². The van der Waals surface area contributed by atoms with Crippen LogP contribution in [0.1, 0.15) is 5.56 Å². The van der Waals surface area contributed by atoms with Crippen molar-refractivity contribution in [2.75, 3.05) is 19.4 Å². The Bertz CT molecular complexity index is 286. The van der Waals surface area contributed by atoms with Crippen molar-refractivity contribution in [3.05, 3.63) is 29.8 Å². The van der Waals surface area contributed by atoms with Gasteiger partial charge in [0.25, 0.3) is 0 Å². The Morgan fingerprint density at radius 2 is 1.92 bits per heavy atom. The van der Waals surface area contributed by atoms with Gasteiger partial charge in [0.1, 0.15) is 5.69 Å². The SMILES string of the molecule is Cc1ccccc1NC=[N+](C)C. The smallest absolute Gasteiger partial charge is 0.236 e. The predicted molar refractivity (Wildman–Crippen MR) is 53.0 cm³/mol. The molecular formula is C10H15N2+. The molecule has 0 saturated heterocycles. The van der Waals surface area contributed by atoms with Gasteiger partial charge in [-0.1, -0.05) is 18.2 Å². The number of aryl methyl sites for hydroxylation is 1. The monoisotopic (exact) mass is 163 g/mol. The van der Waals surface area contributed by atoms with Crippen LogP contribution < -0.4 is 5.32 Å². The fourth-order valence-electron chi connectivity index (χ4n) is 0.933. The second-order valence-electron chi connectivity index (χ2n) is 3.05. The second-order valence-corrected chi connectivity index (χ2v) is 3.05. The van der Waals surface area contributed by atoms with E-state index in [1.807, 2.05) is 37.1 Å². The topological polar surface area (TPSA) is 15.0 Å². The highest BCUT2D eigenvalue weighted by Gasteiger charge is 1.96. The lowest BCUT2D eigenvalue weighted by molar-refractivity contribution is -0.459. The Morgan fingerprint density at radius 1 is 1.25 bits per heavy atom. The number of para-hydroxylation sites is 1. The molecule has 0 aliphatic heterocycles. The maximum atomic E-state index is 3.21. The van der Waals surface area contributed by atoms with Crippen LogP contribution in [-0.4, -0.2) is 25.0 Å². The summed E-state index contributed by atoms with van der Waals surface area (Å²) in [5.74, 6) is 0. The molecule has 0 aliphatic rings. The number of rotatable bonds is 2. The van der Waals surface area contributed by atoms with Crippen LogP contribution in [0.5, 0.6) is 0 Å². The van der Waals surface area contributed by atoms with E-state index in [9.17, 15) is 0 Å². The second kappa shape index (κ2) is 3.90. The Kier molecular flexibility index (Phi) is 2.86. The average molecular weight is 163 g/mol. The van der Waals surface area contributed by atoms with Crippen LogP contribution in [0.15, 0.2) is 24.3 Å². The molecule has 0 amide bonds. The van der Waals surface area contributed by atoms with Gasteiger partial charge in [-0.05, 0) is 18.6 Å². The Labute approximate surface area is 73.5 Å². The van der Waals surface area contributed by atoms with Gasteiger partial charge >= 0.3 is 0 Å². The summed E-state index contributed by atoms with van der Waals surface area (Å²) in [5, 5.41) is 3.21. The van der Waals surface area contributed by atoms with Crippen molar-refractivity contribution >= 4 is 12.0 Å². The first kappa shape index (κ1) is 8.78. The molecule has 1 aromatic carbocycles. The minimum absolute atomic E-state index is 1.16. The fraction of sp³-hybridized carbons (Fsp3) is 0.300. The minimum atomic E-state index is 1.16. The summed E-state index contributed by atoms with van der Waals surface area (Å²) in [6.07, 6.45) is 1.93. The van der Waals surface area contributed by atoms with Gasteiger partial charge in [-0.15, -0.1) is 0 Å². The van der Waals surface area contributed by atoms with Crippen LogP contribution in [0.2, 0.25) is 0 Å². The Balaban J connectivity index is 2.76. The van der Waals surface area contributed by atoms with Crippen LogP contribution >= 0.6 is 0 Å². The molecule has 0 fully saturated rings. The molecule has 2 heteroatoms. The van der Waals surface area contributed by atoms with Gasteiger partial charge in [0.05, 0.1) is 14.1 Å². The van der Waals surface area contributed by atoms with Gasteiger partial charge in [-0.2, -0.15) is 0 Å². The van der Waals surface area contributed by atoms with Crippen LogP contribution in [0, 0.1) is 6.92 Å². The van der Waals surface area contributed by atoms with Gasteiger partial charge < -0.3 is 0 Å². The largest absolute Gasteiger partial charge is 0.273 e. The third-order valence-electron chi connectivity index (χ3n) is 1.62. The van der Waals surface area contributed by atoms with E-state index in [1.54, 1.807) is 0 Å². The third-order valence-corrected chi connectivity index (χ3v) is 1.62. The lowest BCUT2D eigenvalue weighted by Gasteiger charge is -1.98. The van der Waals surface area contributed by atoms with Crippen molar-refractivity contribution in [2.24, 2.45) is 0 Å². The highest BCUT2D eigenvalue weighted by Crippen LogP contribution is 2.11. The average Bonchev–Trinajstić information content (AvgIpc) is 2.03. The van der Waals surface area contributed by atoms with Gasteiger partial charge in [0, 0.05) is 0 Å². The molecule has 2 nitrogen and oxygen atoms in total. The van der Waals surface area contributed by atoms with Crippen LogP contribution in [-0.2, 0) is 0 Å². The van der Waals surface area contributed by atoms with Crippen molar-refractivity contribution < 1.29 is 4.58 Å². The Hall–Kier alpha value is -1.31. The highest BCUT2D eigenvalue weighted by molar-refractivity contribution is 5.73. The molecule has 12 heavy (non-hydrogen) atoms. The van der Waals surface area contributed by atoms with Crippen molar-refractivity contribution in [3.63, 3.8) is 0 Å². The first-order valence-corrected chi connectivity index (χ1v) is 4.02. The first-order valence-electron chi connectivity index (χ1n) is 4.02. The number of anilines is 1. The summed E-state index contributed by atoms with van der Waals surface area (Å²) in [6, 6.07) is 8.22. The molecule has 0 spiro atoms.